The van der Waals surface area contributed by atoms with E-state index in [1.807, 2.05) is 50.4 Å². The lowest BCUT2D eigenvalue weighted by Gasteiger charge is -2.10. The summed E-state index contributed by atoms with van der Waals surface area (Å²) in [4.78, 5) is 15.4. The quantitative estimate of drug-likeness (QED) is 0.469. The van der Waals surface area contributed by atoms with Crippen molar-refractivity contribution in [3.05, 3.63) is 77.5 Å². The van der Waals surface area contributed by atoms with Crippen molar-refractivity contribution in [2.45, 2.75) is 20.3 Å². The molecule has 0 saturated heterocycles. The lowest BCUT2D eigenvalue weighted by atomic mass is 10.1. The number of nitrogens with one attached hydrogen (secondary N) is 3. The molecule has 29 heavy (non-hydrogen) atoms. The SMILES string of the molecule is Cc1cc(C)n(-c2ccc(NC(=O)NCCc3c[nH]c4ccccc34)cc2F)n1. The molecule has 4 aromatic rings. The molecule has 4 rings (SSSR count). The Hall–Kier alpha value is -3.61. The van der Waals surface area contributed by atoms with Crippen LogP contribution >= 0.6 is 0 Å². The van der Waals surface area contributed by atoms with Crippen LogP contribution in [0.15, 0.2) is 54.7 Å². The molecule has 2 heterocycles. The molecule has 0 aliphatic heterocycles. The maximum Gasteiger partial charge on any atom is 0.319 e. The van der Waals surface area contributed by atoms with E-state index in [9.17, 15) is 9.18 Å². The highest BCUT2D eigenvalue weighted by atomic mass is 19.1. The fourth-order valence-electron chi connectivity index (χ4n) is 3.45. The molecule has 0 aliphatic carbocycles. The number of carbonyl (C=O) groups is 1. The second kappa shape index (κ2) is 7.79. The Morgan fingerprint density at radius 2 is 2.00 bits per heavy atom. The molecule has 0 radical (unpaired) electrons. The van der Waals surface area contributed by atoms with E-state index >= 15 is 0 Å². The van der Waals surface area contributed by atoms with E-state index in [1.54, 1.807) is 16.8 Å². The van der Waals surface area contributed by atoms with Crippen molar-refractivity contribution in [3.63, 3.8) is 0 Å². The zero-order valence-electron chi connectivity index (χ0n) is 16.3. The number of H-pyrrole nitrogens is 1. The summed E-state index contributed by atoms with van der Waals surface area (Å²) in [6.45, 7) is 4.20. The third-order valence-corrected chi connectivity index (χ3v) is 4.80. The minimum absolute atomic E-state index is 0.348. The molecule has 0 bridgehead atoms. The monoisotopic (exact) mass is 391 g/mol. The van der Waals surface area contributed by atoms with Gasteiger partial charge in [-0.1, -0.05) is 18.2 Å². The molecule has 2 aromatic carbocycles. The summed E-state index contributed by atoms with van der Waals surface area (Å²) in [7, 11) is 0. The number of fused-ring (bicyclic) bond motifs is 1. The number of amides is 2. The van der Waals surface area contributed by atoms with Crippen LogP contribution in [0.5, 0.6) is 0 Å². The van der Waals surface area contributed by atoms with E-state index in [4.69, 9.17) is 0 Å². The van der Waals surface area contributed by atoms with Crippen molar-refractivity contribution in [2.75, 3.05) is 11.9 Å². The zero-order valence-corrected chi connectivity index (χ0v) is 16.3. The van der Waals surface area contributed by atoms with Gasteiger partial charge in [0.2, 0.25) is 0 Å². The van der Waals surface area contributed by atoms with Crippen molar-refractivity contribution in [1.82, 2.24) is 20.1 Å². The van der Waals surface area contributed by atoms with Crippen LogP contribution in [-0.2, 0) is 6.42 Å². The molecule has 2 aromatic heterocycles. The first-order valence-electron chi connectivity index (χ1n) is 9.44. The molecule has 3 N–H and O–H groups in total. The number of nitrogens with zero attached hydrogens (tertiary/aromatic N) is 2. The number of carbonyl (C=O) groups excluding carboxylic acids is 1. The standard InChI is InChI=1S/C22H22FN5O/c1-14-11-15(2)28(27-14)21-8-7-17(12-19(21)23)26-22(29)24-10-9-16-13-25-20-6-4-3-5-18(16)20/h3-8,11-13,25H,9-10H2,1-2H3,(H2,24,26,29). The van der Waals surface area contributed by atoms with Crippen LogP contribution in [-0.4, -0.2) is 27.3 Å². The number of urea groups is 1. The molecule has 0 unspecified atom stereocenters. The molecule has 0 spiro atoms. The van der Waals surface area contributed by atoms with E-state index in [0.717, 1.165) is 27.9 Å². The van der Waals surface area contributed by atoms with Crippen LogP contribution in [0, 0.1) is 19.7 Å². The number of aryl methyl sites for hydroxylation is 2. The average molecular weight is 391 g/mol. The molecule has 0 aliphatic rings. The van der Waals surface area contributed by atoms with Gasteiger partial charge in [-0.25, -0.2) is 13.9 Å². The van der Waals surface area contributed by atoms with Crippen molar-refractivity contribution < 1.29 is 9.18 Å². The van der Waals surface area contributed by atoms with Gasteiger partial charge in [0.25, 0.3) is 0 Å². The van der Waals surface area contributed by atoms with Gasteiger partial charge < -0.3 is 15.6 Å². The summed E-state index contributed by atoms with van der Waals surface area (Å²) in [5.41, 5.74) is 4.61. The molecule has 148 valence electrons. The van der Waals surface area contributed by atoms with Gasteiger partial charge in [-0.2, -0.15) is 5.10 Å². The summed E-state index contributed by atoms with van der Waals surface area (Å²) >= 11 is 0. The van der Waals surface area contributed by atoms with Crippen molar-refractivity contribution in [1.29, 1.82) is 0 Å². The van der Waals surface area contributed by atoms with Crippen LogP contribution in [0.1, 0.15) is 17.0 Å². The predicted molar refractivity (Wildman–Crippen MR) is 112 cm³/mol. The molecule has 7 heteroatoms. The predicted octanol–water partition coefficient (Wildman–Crippen LogP) is 4.47. The molecule has 2 amide bonds. The maximum absolute atomic E-state index is 14.5. The number of aromatic nitrogens is 3. The summed E-state index contributed by atoms with van der Waals surface area (Å²) < 4.78 is 16.1. The Labute approximate surface area is 167 Å². The third kappa shape index (κ3) is 3.99. The number of hydrogen-bond donors (Lipinski definition) is 3. The number of aromatic amines is 1. The third-order valence-electron chi connectivity index (χ3n) is 4.80. The average Bonchev–Trinajstić information content (AvgIpc) is 3.25. The number of para-hydroxylation sites is 1. The van der Waals surface area contributed by atoms with Gasteiger partial charge >= 0.3 is 6.03 Å². The molecular formula is C22H22FN5O. The Balaban J connectivity index is 1.36. The minimum atomic E-state index is -0.451. The first-order valence-corrected chi connectivity index (χ1v) is 9.44. The van der Waals surface area contributed by atoms with Gasteiger partial charge in [-0.3, -0.25) is 0 Å². The molecule has 0 atom stereocenters. The van der Waals surface area contributed by atoms with E-state index in [2.05, 4.69) is 20.7 Å². The van der Waals surface area contributed by atoms with Gasteiger partial charge in [0.1, 0.15) is 5.69 Å². The normalized spacial score (nSPS) is 11.0. The smallest absolute Gasteiger partial charge is 0.319 e. The van der Waals surface area contributed by atoms with Gasteiger partial charge in [0.05, 0.1) is 5.69 Å². The number of hydrogen-bond acceptors (Lipinski definition) is 2. The number of halogens is 1. The summed E-state index contributed by atoms with van der Waals surface area (Å²) in [5.74, 6) is -0.451. The van der Waals surface area contributed by atoms with E-state index in [-0.39, 0.29) is 6.03 Å². The molecular weight excluding hydrogens is 369 g/mol. The van der Waals surface area contributed by atoms with Crippen LogP contribution in [0.4, 0.5) is 14.9 Å². The minimum Gasteiger partial charge on any atom is -0.361 e. The summed E-state index contributed by atoms with van der Waals surface area (Å²) in [6.07, 6.45) is 2.65. The first kappa shape index (κ1) is 18.7. The number of benzene rings is 2. The van der Waals surface area contributed by atoms with Gasteiger partial charge in [-0.15, -0.1) is 0 Å². The topological polar surface area (TPSA) is 74.7 Å². The Kier molecular flexibility index (Phi) is 5.03. The van der Waals surface area contributed by atoms with E-state index in [0.29, 0.717) is 24.3 Å². The van der Waals surface area contributed by atoms with Crippen LogP contribution in [0.3, 0.4) is 0 Å². The van der Waals surface area contributed by atoms with Crippen molar-refractivity contribution in [3.8, 4) is 5.69 Å². The Bertz CT molecular complexity index is 1180. The highest BCUT2D eigenvalue weighted by Gasteiger charge is 2.11. The van der Waals surface area contributed by atoms with E-state index < -0.39 is 5.82 Å². The maximum atomic E-state index is 14.5. The molecule has 0 saturated carbocycles. The second-order valence-corrected chi connectivity index (χ2v) is 7.00. The van der Waals surface area contributed by atoms with Gasteiger partial charge in [-0.05, 0) is 56.2 Å². The fourth-order valence-corrected chi connectivity index (χ4v) is 3.45. The fraction of sp³-hybridized carbons (Fsp3) is 0.182. The Morgan fingerprint density at radius 1 is 1.17 bits per heavy atom. The van der Waals surface area contributed by atoms with Gasteiger partial charge in [0.15, 0.2) is 5.82 Å². The highest BCUT2D eigenvalue weighted by Crippen LogP contribution is 2.20. The first-order chi connectivity index (χ1) is 14.0. The summed E-state index contributed by atoms with van der Waals surface area (Å²) in [5, 5.41) is 10.9. The van der Waals surface area contributed by atoms with Crippen LogP contribution in [0.25, 0.3) is 16.6 Å². The largest absolute Gasteiger partial charge is 0.361 e. The van der Waals surface area contributed by atoms with Crippen molar-refractivity contribution >= 4 is 22.6 Å². The van der Waals surface area contributed by atoms with Gasteiger partial charge in [0, 0.05) is 35.0 Å². The zero-order chi connectivity index (χ0) is 20.4. The lowest BCUT2D eigenvalue weighted by Crippen LogP contribution is -2.30. The number of rotatable bonds is 5. The van der Waals surface area contributed by atoms with Crippen molar-refractivity contribution in [2.24, 2.45) is 0 Å². The lowest BCUT2D eigenvalue weighted by molar-refractivity contribution is 0.252. The molecule has 0 fully saturated rings. The highest BCUT2D eigenvalue weighted by molar-refractivity contribution is 5.89. The summed E-state index contributed by atoms with van der Waals surface area (Å²) in [6, 6.07) is 14.1. The molecule has 6 nitrogen and oxygen atoms in total. The van der Waals surface area contributed by atoms with E-state index in [1.165, 1.54) is 6.07 Å². The Morgan fingerprint density at radius 3 is 2.76 bits per heavy atom. The second-order valence-electron chi connectivity index (χ2n) is 7.00. The van der Waals surface area contributed by atoms with Crippen LogP contribution < -0.4 is 10.6 Å². The number of anilines is 1. The van der Waals surface area contributed by atoms with Crippen LogP contribution in [0.2, 0.25) is 0 Å².